The van der Waals surface area contributed by atoms with Crippen molar-refractivity contribution in [3.8, 4) is 0 Å². The highest BCUT2D eigenvalue weighted by Crippen LogP contribution is 2.27. The maximum atomic E-state index is 4.80. The number of aryl methyl sites for hydroxylation is 1. The minimum Gasteiger partial charge on any atom is -0.309 e. The fraction of sp³-hybridized carbons (Fsp3) is 0.280. The van der Waals surface area contributed by atoms with Crippen LogP contribution in [0.1, 0.15) is 35.6 Å². The van der Waals surface area contributed by atoms with Gasteiger partial charge >= 0.3 is 0 Å². The van der Waals surface area contributed by atoms with Gasteiger partial charge in [-0.1, -0.05) is 18.2 Å². The average molecular weight is 411 g/mol. The van der Waals surface area contributed by atoms with Crippen LogP contribution in [0.25, 0.3) is 10.9 Å². The zero-order valence-electron chi connectivity index (χ0n) is 17.7. The largest absolute Gasteiger partial charge is 0.309 e. The monoisotopic (exact) mass is 410 g/mol. The summed E-state index contributed by atoms with van der Waals surface area (Å²) in [5.74, 6) is 1.78. The van der Waals surface area contributed by atoms with Gasteiger partial charge in [-0.2, -0.15) is 0 Å². The summed E-state index contributed by atoms with van der Waals surface area (Å²) in [5, 5.41) is 4.42. The normalized spacial score (nSPS) is 17.0. The first-order valence-electron chi connectivity index (χ1n) is 10.8. The SMILES string of the molecule is Cc1ccc(Nc2nccc([C@H]3CCCN(Cc4ccc5ncccc5c4)C3)n2)nc1. The van der Waals surface area contributed by atoms with E-state index < -0.39 is 0 Å². The molecule has 1 aromatic carbocycles. The van der Waals surface area contributed by atoms with Crippen LogP contribution < -0.4 is 5.32 Å². The van der Waals surface area contributed by atoms with E-state index in [1.165, 1.54) is 17.4 Å². The maximum absolute atomic E-state index is 4.80. The third-order valence-corrected chi connectivity index (χ3v) is 5.83. The molecule has 4 aromatic rings. The van der Waals surface area contributed by atoms with Crippen molar-refractivity contribution in [2.75, 3.05) is 18.4 Å². The molecule has 0 spiro atoms. The summed E-state index contributed by atoms with van der Waals surface area (Å²) >= 11 is 0. The summed E-state index contributed by atoms with van der Waals surface area (Å²) < 4.78 is 0. The molecule has 0 amide bonds. The van der Waals surface area contributed by atoms with Gasteiger partial charge < -0.3 is 5.32 Å². The molecule has 31 heavy (non-hydrogen) atoms. The van der Waals surface area contributed by atoms with Crippen LogP contribution in [0.4, 0.5) is 11.8 Å². The Labute approximate surface area is 182 Å². The number of nitrogens with zero attached hydrogens (tertiary/aromatic N) is 5. The molecule has 3 aromatic heterocycles. The van der Waals surface area contributed by atoms with Crippen LogP contribution in [0.5, 0.6) is 0 Å². The molecule has 1 fully saturated rings. The summed E-state index contributed by atoms with van der Waals surface area (Å²) in [7, 11) is 0. The molecule has 156 valence electrons. The zero-order chi connectivity index (χ0) is 21.0. The fourth-order valence-electron chi connectivity index (χ4n) is 4.24. The first-order chi connectivity index (χ1) is 15.2. The summed E-state index contributed by atoms with van der Waals surface area (Å²) in [6, 6.07) is 16.7. The Hall–Kier alpha value is -3.38. The Morgan fingerprint density at radius 3 is 2.90 bits per heavy atom. The lowest BCUT2D eigenvalue weighted by Crippen LogP contribution is -2.34. The molecule has 0 unspecified atom stereocenters. The Morgan fingerprint density at radius 2 is 2.00 bits per heavy atom. The lowest BCUT2D eigenvalue weighted by Gasteiger charge is -2.32. The summed E-state index contributed by atoms with van der Waals surface area (Å²) in [6.07, 6.45) is 7.85. The predicted octanol–water partition coefficient (Wildman–Crippen LogP) is 4.85. The summed E-state index contributed by atoms with van der Waals surface area (Å²) in [5.41, 5.74) is 4.60. The minimum absolute atomic E-state index is 0.408. The standard InChI is InChI=1S/C25H26N6/c1-18-6-9-24(28-15-18)30-25-27-12-10-23(29-25)21-5-3-13-31(17-21)16-19-7-8-22-20(14-19)4-2-11-26-22/h2,4,6-12,14-15,21H,3,5,13,16-17H2,1H3,(H,27,28,29,30)/t21-/m0/s1. The molecule has 1 saturated heterocycles. The number of nitrogens with one attached hydrogen (secondary N) is 1. The van der Waals surface area contributed by atoms with Crippen LogP contribution in [0.3, 0.4) is 0 Å². The van der Waals surface area contributed by atoms with Gasteiger partial charge in [-0.05, 0) is 67.8 Å². The van der Waals surface area contributed by atoms with Crippen molar-refractivity contribution in [2.45, 2.75) is 32.2 Å². The van der Waals surface area contributed by atoms with E-state index >= 15 is 0 Å². The van der Waals surface area contributed by atoms with E-state index in [1.807, 2.05) is 49.8 Å². The lowest BCUT2D eigenvalue weighted by molar-refractivity contribution is 0.198. The first kappa shape index (κ1) is 19.6. The molecule has 6 heteroatoms. The number of benzene rings is 1. The van der Waals surface area contributed by atoms with E-state index in [-0.39, 0.29) is 0 Å². The molecule has 5 rings (SSSR count). The third kappa shape index (κ3) is 4.70. The number of fused-ring (bicyclic) bond motifs is 1. The minimum atomic E-state index is 0.408. The van der Waals surface area contributed by atoms with Gasteiger partial charge in [-0.3, -0.25) is 9.88 Å². The number of likely N-dealkylation sites (tertiary alicyclic amines) is 1. The van der Waals surface area contributed by atoms with Crippen LogP contribution in [-0.2, 0) is 6.54 Å². The van der Waals surface area contributed by atoms with Crippen molar-refractivity contribution in [3.05, 3.63) is 83.9 Å². The second-order valence-corrected chi connectivity index (χ2v) is 8.26. The van der Waals surface area contributed by atoms with E-state index in [0.29, 0.717) is 11.9 Å². The zero-order valence-corrected chi connectivity index (χ0v) is 17.7. The highest BCUT2D eigenvalue weighted by Gasteiger charge is 2.23. The van der Waals surface area contributed by atoms with E-state index in [9.17, 15) is 0 Å². The van der Waals surface area contributed by atoms with Crippen LogP contribution in [0.2, 0.25) is 0 Å². The summed E-state index contributed by atoms with van der Waals surface area (Å²) in [4.78, 5) is 20.5. The van der Waals surface area contributed by atoms with Gasteiger partial charge in [0.05, 0.1) is 11.2 Å². The molecule has 0 bridgehead atoms. The van der Waals surface area contributed by atoms with Crippen molar-refractivity contribution in [3.63, 3.8) is 0 Å². The van der Waals surface area contributed by atoms with Gasteiger partial charge in [0.2, 0.25) is 5.95 Å². The van der Waals surface area contributed by atoms with Crippen LogP contribution >= 0.6 is 0 Å². The first-order valence-corrected chi connectivity index (χ1v) is 10.8. The van der Waals surface area contributed by atoms with Crippen molar-refractivity contribution < 1.29 is 0 Å². The Balaban J connectivity index is 1.27. The molecule has 0 aliphatic carbocycles. The molecule has 4 heterocycles. The number of rotatable bonds is 5. The van der Waals surface area contributed by atoms with E-state index in [2.05, 4.69) is 49.4 Å². The highest BCUT2D eigenvalue weighted by atomic mass is 15.2. The molecule has 1 aliphatic rings. The Bertz CT molecular complexity index is 1170. The second kappa shape index (κ2) is 8.78. The van der Waals surface area contributed by atoms with E-state index in [1.54, 1.807) is 0 Å². The molecule has 1 aliphatic heterocycles. The van der Waals surface area contributed by atoms with Crippen LogP contribution in [-0.4, -0.2) is 37.9 Å². The van der Waals surface area contributed by atoms with Gasteiger partial charge in [0.25, 0.3) is 0 Å². The predicted molar refractivity (Wildman–Crippen MR) is 123 cm³/mol. The van der Waals surface area contributed by atoms with E-state index in [0.717, 1.165) is 48.6 Å². The average Bonchev–Trinajstić information content (AvgIpc) is 2.81. The van der Waals surface area contributed by atoms with Gasteiger partial charge in [0, 0.05) is 43.0 Å². The number of hydrogen-bond donors (Lipinski definition) is 1. The fourth-order valence-corrected chi connectivity index (χ4v) is 4.24. The highest BCUT2D eigenvalue weighted by molar-refractivity contribution is 5.78. The van der Waals surface area contributed by atoms with Gasteiger partial charge in [-0.25, -0.2) is 15.0 Å². The maximum Gasteiger partial charge on any atom is 0.228 e. The molecule has 1 atom stereocenters. The molecule has 0 radical (unpaired) electrons. The van der Waals surface area contributed by atoms with E-state index in [4.69, 9.17) is 4.98 Å². The van der Waals surface area contributed by atoms with Crippen molar-refractivity contribution in [2.24, 2.45) is 0 Å². The van der Waals surface area contributed by atoms with Crippen molar-refractivity contribution >= 4 is 22.7 Å². The number of anilines is 2. The van der Waals surface area contributed by atoms with Crippen LogP contribution in [0, 0.1) is 6.92 Å². The number of hydrogen-bond acceptors (Lipinski definition) is 6. The Kier molecular flexibility index (Phi) is 5.54. The molecule has 0 saturated carbocycles. The van der Waals surface area contributed by atoms with Gasteiger partial charge in [0.1, 0.15) is 5.82 Å². The smallest absolute Gasteiger partial charge is 0.228 e. The number of pyridine rings is 2. The van der Waals surface area contributed by atoms with Gasteiger partial charge in [0.15, 0.2) is 0 Å². The molecule has 1 N–H and O–H groups in total. The van der Waals surface area contributed by atoms with Crippen molar-refractivity contribution in [1.29, 1.82) is 0 Å². The second-order valence-electron chi connectivity index (χ2n) is 8.26. The summed E-state index contributed by atoms with van der Waals surface area (Å²) in [6.45, 7) is 5.09. The number of aromatic nitrogens is 4. The lowest BCUT2D eigenvalue weighted by atomic mass is 9.94. The quantitative estimate of drug-likeness (QED) is 0.507. The topological polar surface area (TPSA) is 66.8 Å². The Morgan fingerprint density at radius 1 is 1.03 bits per heavy atom. The molecular weight excluding hydrogens is 384 g/mol. The van der Waals surface area contributed by atoms with Crippen LogP contribution in [0.15, 0.2) is 67.1 Å². The van der Waals surface area contributed by atoms with Crippen molar-refractivity contribution in [1.82, 2.24) is 24.8 Å². The third-order valence-electron chi connectivity index (χ3n) is 5.83. The number of piperidine rings is 1. The molecule has 6 nitrogen and oxygen atoms in total. The molecular formula is C25H26N6. The van der Waals surface area contributed by atoms with Gasteiger partial charge in [-0.15, -0.1) is 0 Å².